The van der Waals surface area contributed by atoms with Gasteiger partial charge >= 0.3 is 0 Å². The van der Waals surface area contributed by atoms with E-state index in [2.05, 4.69) is 5.32 Å². The summed E-state index contributed by atoms with van der Waals surface area (Å²) >= 11 is 12.3. The predicted octanol–water partition coefficient (Wildman–Crippen LogP) is 3.88. The van der Waals surface area contributed by atoms with Crippen LogP contribution in [0.25, 0.3) is 0 Å². The monoisotopic (exact) mass is 513 g/mol. The molecule has 0 unspecified atom stereocenters. The molecule has 7 nitrogen and oxygen atoms in total. The number of nitrogens with zero attached hydrogens (tertiary/aromatic N) is 2. The fourth-order valence-corrected chi connectivity index (χ4v) is 4.73. The Balaban J connectivity index is 2.45. The summed E-state index contributed by atoms with van der Waals surface area (Å²) < 4.78 is 26.4. The molecule has 0 aliphatic heterocycles. The highest BCUT2D eigenvalue weighted by Crippen LogP contribution is 2.26. The van der Waals surface area contributed by atoms with Crippen LogP contribution < -0.4 is 9.62 Å². The van der Waals surface area contributed by atoms with Gasteiger partial charge in [0, 0.05) is 23.1 Å². The maximum Gasteiger partial charge on any atom is 0.244 e. The van der Waals surface area contributed by atoms with E-state index in [-0.39, 0.29) is 12.5 Å². The third-order valence-corrected chi connectivity index (χ3v) is 6.91. The van der Waals surface area contributed by atoms with Gasteiger partial charge in [0.25, 0.3) is 0 Å². The van der Waals surface area contributed by atoms with E-state index in [0.717, 1.165) is 16.1 Å². The lowest BCUT2D eigenvalue weighted by Gasteiger charge is -2.32. The van der Waals surface area contributed by atoms with Gasteiger partial charge in [0.1, 0.15) is 12.6 Å². The van der Waals surface area contributed by atoms with Crippen LogP contribution in [-0.4, -0.2) is 50.5 Å². The van der Waals surface area contributed by atoms with Gasteiger partial charge in [0.05, 0.1) is 11.9 Å². The molecule has 0 heterocycles. The number of carbonyl (C=O) groups is 2. The highest BCUT2D eigenvalue weighted by molar-refractivity contribution is 7.92. The fourth-order valence-electron chi connectivity index (χ4n) is 3.39. The van der Waals surface area contributed by atoms with Crippen LogP contribution in [-0.2, 0) is 32.6 Å². The molecule has 0 saturated carbocycles. The zero-order chi connectivity index (χ0) is 24.8. The summed E-state index contributed by atoms with van der Waals surface area (Å²) in [5, 5.41) is 3.49. The molecule has 0 aromatic heterocycles. The van der Waals surface area contributed by atoms with Crippen molar-refractivity contribution < 1.29 is 18.0 Å². The lowest BCUT2D eigenvalue weighted by Crippen LogP contribution is -2.51. The summed E-state index contributed by atoms with van der Waals surface area (Å²) in [6, 6.07) is 11.0. The smallest absolute Gasteiger partial charge is 0.244 e. The van der Waals surface area contributed by atoms with E-state index in [0.29, 0.717) is 34.3 Å². The number of benzene rings is 2. The minimum Gasteiger partial charge on any atom is -0.355 e. The van der Waals surface area contributed by atoms with E-state index in [1.807, 2.05) is 19.1 Å². The molecule has 180 valence electrons. The number of likely N-dealkylation sites (N-methyl/N-ethyl adjacent to an activating group) is 1. The third kappa shape index (κ3) is 7.09. The number of para-hydroxylation sites is 1. The number of anilines is 1. The van der Waals surface area contributed by atoms with Gasteiger partial charge in [-0.25, -0.2) is 8.42 Å². The molecule has 0 bridgehead atoms. The number of carbonyl (C=O) groups excluding carboxylic acids is 2. The average Bonchev–Trinajstić information content (AvgIpc) is 2.75. The molecule has 2 amide bonds. The number of amides is 2. The van der Waals surface area contributed by atoms with Crippen molar-refractivity contribution in [2.75, 3.05) is 23.7 Å². The summed E-state index contributed by atoms with van der Waals surface area (Å²) in [6.45, 7) is 5.24. The van der Waals surface area contributed by atoms with Crippen LogP contribution in [0.4, 0.5) is 5.69 Å². The summed E-state index contributed by atoms with van der Waals surface area (Å²) in [4.78, 5) is 27.4. The number of hydrogen-bond donors (Lipinski definition) is 1. The van der Waals surface area contributed by atoms with Crippen molar-refractivity contribution in [3.8, 4) is 0 Å². The summed E-state index contributed by atoms with van der Waals surface area (Å²) in [5.74, 6) is -0.882. The maximum absolute atomic E-state index is 13.5. The standard InChI is InChI=1S/C23H29Cl2N3O4S/c1-5-17-9-7-8-10-21(17)28(33(4,31)32)15-22(29)27(16(3)23(30)26-6-2)14-18-11-12-19(24)13-20(18)25/h7-13,16H,5-6,14-15H2,1-4H3,(H,26,30)/t16-/m1/s1. The molecule has 0 saturated heterocycles. The van der Waals surface area contributed by atoms with Crippen LogP contribution in [0.2, 0.25) is 10.0 Å². The van der Waals surface area contributed by atoms with Crippen molar-refractivity contribution in [2.45, 2.75) is 39.8 Å². The number of nitrogens with one attached hydrogen (secondary N) is 1. The minimum atomic E-state index is -3.78. The SMILES string of the molecule is CCNC(=O)[C@@H](C)N(Cc1ccc(Cl)cc1Cl)C(=O)CN(c1ccccc1CC)S(C)(=O)=O. The number of sulfonamides is 1. The predicted molar refractivity (Wildman–Crippen MR) is 133 cm³/mol. The Morgan fingerprint density at radius 3 is 2.30 bits per heavy atom. The second-order valence-corrected chi connectivity index (χ2v) is 10.3. The average molecular weight is 514 g/mol. The molecule has 0 radical (unpaired) electrons. The van der Waals surface area contributed by atoms with Gasteiger partial charge in [-0.1, -0.05) is 54.4 Å². The lowest BCUT2D eigenvalue weighted by atomic mass is 10.1. The molecule has 0 fully saturated rings. The number of hydrogen-bond acceptors (Lipinski definition) is 4. The molecule has 33 heavy (non-hydrogen) atoms. The molecule has 2 aromatic carbocycles. The second-order valence-electron chi connectivity index (χ2n) is 7.58. The molecule has 1 N–H and O–H groups in total. The molecular formula is C23H29Cl2N3O4S. The van der Waals surface area contributed by atoms with Crippen molar-refractivity contribution in [3.05, 3.63) is 63.6 Å². The van der Waals surface area contributed by atoms with Crippen LogP contribution >= 0.6 is 23.2 Å². The van der Waals surface area contributed by atoms with E-state index < -0.39 is 28.5 Å². The Labute approximate surface area is 205 Å². The van der Waals surface area contributed by atoms with E-state index in [1.54, 1.807) is 44.2 Å². The van der Waals surface area contributed by atoms with Gasteiger partial charge in [-0.2, -0.15) is 0 Å². The molecular weight excluding hydrogens is 485 g/mol. The number of aryl methyl sites for hydroxylation is 1. The van der Waals surface area contributed by atoms with Gasteiger partial charge in [0.2, 0.25) is 21.8 Å². The Morgan fingerprint density at radius 2 is 1.73 bits per heavy atom. The highest BCUT2D eigenvalue weighted by Gasteiger charge is 2.30. The zero-order valence-corrected chi connectivity index (χ0v) is 21.5. The lowest BCUT2D eigenvalue weighted by molar-refractivity contribution is -0.139. The molecule has 0 spiro atoms. The second kappa shape index (κ2) is 11.7. The van der Waals surface area contributed by atoms with E-state index in [1.165, 1.54) is 4.90 Å². The quantitative estimate of drug-likeness (QED) is 0.522. The first kappa shape index (κ1) is 27.0. The van der Waals surface area contributed by atoms with E-state index >= 15 is 0 Å². The Kier molecular flexibility index (Phi) is 9.57. The summed E-state index contributed by atoms with van der Waals surface area (Å²) in [7, 11) is -3.78. The van der Waals surface area contributed by atoms with Gasteiger partial charge in [-0.05, 0) is 49.6 Å². The Hall–Kier alpha value is -2.29. The third-order valence-electron chi connectivity index (χ3n) is 5.19. The summed E-state index contributed by atoms with van der Waals surface area (Å²) in [5.41, 5.74) is 1.82. The molecule has 2 aromatic rings. The van der Waals surface area contributed by atoms with Gasteiger partial charge < -0.3 is 10.2 Å². The molecule has 0 aliphatic rings. The largest absolute Gasteiger partial charge is 0.355 e. The zero-order valence-electron chi connectivity index (χ0n) is 19.1. The maximum atomic E-state index is 13.5. The summed E-state index contributed by atoms with van der Waals surface area (Å²) in [6.07, 6.45) is 1.65. The molecule has 0 aliphatic carbocycles. The normalized spacial score (nSPS) is 12.2. The van der Waals surface area contributed by atoms with Gasteiger partial charge in [-0.3, -0.25) is 13.9 Å². The first-order valence-electron chi connectivity index (χ1n) is 10.6. The Bertz CT molecular complexity index is 1110. The topological polar surface area (TPSA) is 86.8 Å². The highest BCUT2D eigenvalue weighted by atomic mass is 35.5. The van der Waals surface area contributed by atoms with Crippen LogP contribution in [0.3, 0.4) is 0 Å². The van der Waals surface area contributed by atoms with Crippen molar-refractivity contribution in [1.29, 1.82) is 0 Å². The van der Waals surface area contributed by atoms with Crippen LogP contribution in [0.5, 0.6) is 0 Å². The van der Waals surface area contributed by atoms with E-state index in [4.69, 9.17) is 23.2 Å². The molecule has 10 heteroatoms. The van der Waals surface area contributed by atoms with Crippen molar-refractivity contribution in [3.63, 3.8) is 0 Å². The van der Waals surface area contributed by atoms with Crippen molar-refractivity contribution in [2.24, 2.45) is 0 Å². The van der Waals surface area contributed by atoms with Crippen LogP contribution in [0.15, 0.2) is 42.5 Å². The number of halogens is 2. The van der Waals surface area contributed by atoms with Gasteiger partial charge in [-0.15, -0.1) is 0 Å². The Morgan fingerprint density at radius 1 is 1.06 bits per heavy atom. The minimum absolute atomic E-state index is 0.0141. The van der Waals surface area contributed by atoms with E-state index in [9.17, 15) is 18.0 Å². The van der Waals surface area contributed by atoms with Crippen LogP contribution in [0, 0.1) is 0 Å². The first-order valence-corrected chi connectivity index (χ1v) is 13.2. The first-order chi connectivity index (χ1) is 15.5. The van der Waals surface area contributed by atoms with Gasteiger partial charge in [0.15, 0.2) is 0 Å². The van der Waals surface area contributed by atoms with Crippen molar-refractivity contribution in [1.82, 2.24) is 10.2 Å². The number of rotatable bonds is 10. The van der Waals surface area contributed by atoms with Crippen molar-refractivity contribution >= 4 is 50.7 Å². The van der Waals surface area contributed by atoms with Crippen LogP contribution in [0.1, 0.15) is 31.9 Å². The molecule has 1 atom stereocenters. The molecule has 2 rings (SSSR count). The fraction of sp³-hybridized carbons (Fsp3) is 0.391.